The molecule has 1 aromatic carbocycles. The standard InChI is InChI=1S/C14H19N5O4S2/c1-2-19-12(9-15-18-19)10-16-24(20,21)13-5-3-4-6-14(13)25(22,23)17-11-7-8-11/h3-6,9,11,16-17H,2,7-8,10H2,1H3. The van der Waals surface area contributed by atoms with E-state index in [1.165, 1.54) is 30.5 Å². The van der Waals surface area contributed by atoms with E-state index in [4.69, 9.17) is 0 Å². The predicted molar refractivity (Wildman–Crippen MR) is 89.5 cm³/mol. The van der Waals surface area contributed by atoms with Gasteiger partial charge in [-0.25, -0.2) is 31.0 Å². The van der Waals surface area contributed by atoms with Crippen LogP contribution in [0.1, 0.15) is 25.5 Å². The number of hydrogen-bond donors (Lipinski definition) is 2. The third-order valence-electron chi connectivity index (χ3n) is 3.77. The van der Waals surface area contributed by atoms with Crippen molar-refractivity contribution in [1.29, 1.82) is 0 Å². The average molecular weight is 385 g/mol. The average Bonchev–Trinajstić information content (AvgIpc) is 3.26. The first kappa shape index (κ1) is 18.0. The summed E-state index contributed by atoms with van der Waals surface area (Å²) in [6.07, 6.45) is 2.99. The van der Waals surface area contributed by atoms with Crippen molar-refractivity contribution in [2.75, 3.05) is 0 Å². The molecule has 0 radical (unpaired) electrons. The minimum absolute atomic E-state index is 0.0341. The molecule has 2 N–H and O–H groups in total. The van der Waals surface area contributed by atoms with E-state index < -0.39 is 20.0 Å². The summed E-state index contributed by atoms with van der Waals surface area (Å²) in [5.74, 6) is 0. The van der Waals surface area contributed by atoms with E-state index in [1.54, 1.807) is 4.68 Å². The third-order valence-corrected chi connectivity index (χ3v) is 6.94. The number of aryl methyl sites for hydroxylation is 1. The topological polar surface area (TPSA) is 123 Å². The zero-order chi connectivity index (χ0) is 18.1. The molecule has 1 aromatic heterocycles. The quantitative estimate of drug-likeness (QED) is 0.670. The second-order valence-corrected chi connectivity index (χ2v) is 9.13. The van der Waals surface area contributed by atoms with Crippen molar-refractivity contribution in [2.24, 2.45) is 0 Å². The largest absolute Gasteiger partial charge is 0.248 e. The van der Waals surface area contributed by atoms with Gasteiger partial charge in [0, 0.05) is 12.6 Å². The molecule has 0 atom stereocenters. The summed E-state index contributed by atoms with van der Waals surface area (Å²) >= 11 is 0. The van der Waals surface area contributed by atoms with Gasteiger partial charge < -0.3 is 0 Å². The van der Waals surface area contributed by atoms with Crippen LogP contribution in [0.4, 0.5) is 0 Å². The number of benzene rings is 1. The Kier molecular flexibility index (Phi) is 4.91. The molecule has 0 aliphatic heterocycles. The van der Waals surface area contributed by atoms with Gasteiger partial charge in [0.15, 0.2) is 0 Å². The van der Waals surface area contributed by atoms with E-state index in [0.29, 0.717) is 12.2 Å². The summed E-state index contributed by atoms with van der Waals surface area (Å²) in [6.45, 7) is 2.37. The summed E-state index contributed by atoms with van der Waals surface area (Å²) in [6, 6.07) is 5.44. The molecule has 9 nitrogen and oxygen atoms in total. The number of sulfonamides is 2. The summed E-state index contributed by atoms with van der Waals surface area (Å²) in [5.41, 5.74) is 0.586. The van der Waals surface area contributed by atoms with Crippen LogP contribution >= 0.6 is 0 Å². The number of nitrogens with one attached hydrogen (secondary N) is 2. The Bertz CT molecular complexity index is 965. The van der Waals surface area contributed by atoms with Crippen molar-refractivity contribution in [3.05, 3.63) is 36.2 Å². The molecule has 1 heterocycles. The first-order valence-corrected chi connectivity index (χ1v) is 10.8. The van der Waals surface area contributed by atoms with Gasteiger partial charge in [-0.1, -0.05) is 17.3 Å². The summed E-state index contributed by atoms with van der Waals surface area (Å²) < 4.78 is 56.7. The summed E-state index contributed by atoms with van der Waals surface area (Å²) in [5, 5.41) is 7.57. The molecule has 0 amide bonds. The molecule has 1 aliphatic carbocycles. The molecule has 0 spiro atoms. The SMILES string of the molecule is CCn1nncc1CNS(=O)(=O)c1ccccc1S(=O)(=O)NC1CC1. The minimum atomic E-state index is -4.03. The highest BCUT2D eigenvalue weighted by Gasteiger charge is 2.32. The molecule has 0 unspecified atom stereocenters. The Morgan fingerprint density at radius 3 is 2.36 bits per heavy atom. The highest BCUT2D eigenvalue weighted by molar-refractivity contribution is 7.92. The van der Waals surface area contributed by atoms with Crippen LogP contribution in [-0.4, -0.2) is 37.9 Å². The number of aromatic nitrogens is 3. The fourth-order valence-corrected chi connectivity index (χ4v) is 5.44. The fourth-order valence-electron chi connectivity index (χ4n) is 2.31. The van der Waals surface area contributed by atoms with Crippen molar-refractivity contribution < 1.29 is 16.8 Å². The Balaban J connectivity index is 1.87. The fraction of sp³-hybridized carbons (Fsp3) is 0.429. The van der Waals surface area contributed by atoms with Gasteiger partial charge in [-0.05, 0) is 31.9 Å². The van der Waals surface area contributed by atoms with Crippen molar-refractivity contribution >= 4 is 20.0 Å². The Hall–Kier alpha value is -1.82. The van der Waals surface area contributed by atoms with Crippen LogP contribution in [0.3, 0.4) is 0 Å². The number of rotatable bonds is 8. The monoisotopic (exact) mass is 385 g/mol. The lowest BCUT2D eigenvalue weighted by atomic mass is 10.4. The molecular formula is C14H19N5O4S2. The molecule has 0 saturated heterocycles. The van der Waals surface area contributed by atoms with Gasteiger partial charge in [0.2, 0.25) is 20.0 Å². The molecule has 25 heavy (non-hydrogen) atoms. The van der Waals surface area contributed by atoms with Crippen LogP contribution in [0, 0.1) is 0 Å². The van der Waals surface area contributed by atoms with Crippen LogP contribution in [0.25, 0.3) is 0 Å². The van der Waals surface area contributed by atoms with E-state index in [2.05, 4.69) is 19.8 Å². The Morgan fingerprint density at radius 2 is 1.76 bits per heavy atom. The van der Waals surface area contributed by atoms with E-state index in [1.807, 2.05) is 6.92 Å². The van der Waals surface area contributed by atoms with Crippen LogP contribution in [0.2, 0.25) is 0 Å². The van der Waals surface area contributed by atoms with Gasteiger partial charge in [-0.3, -0.25) is 0 Å². The molecule has 2 aromatic rings. The lowest BCUT2D eigenvalue weighted by molar-refractivity contribution is 0.559. The highest BCUT2D eigenvalue weighted by Crippen LogP contribution is 2.25. The molecule has 3 rings (SSSR count). The maximum Gasteiger partial charge on any atom is 0.242 e. The van der Waals surface area contributed by atoms with Crippen LogP contribution < -0.4 is 9.44 Å². The zero-order valence-corrected chi connectivity index (χ0v) is 15.2. The zero-order valence-electron chi connectivity index (χ0n) is 13.6. The van der Waals surface area contributed by atoms with Crippen molar-refractivity contribution in [3.63, 3.8) is 0 Å². The summed E-state index contributed by atoms with van der Waals surface area (Å²) in [4.78, 5) is -0.532. The van der Waals surface area contributed by atoms with Gasteiger partial charge >= 0.3 is 0 Å². The Labute approximate surface area is 146 Å². The molecule has 0 bridgehead atoms. The molecule has 136 valence electrons. The van der Waals surface area contributed by atoms with E-state index >= 15 is 0 Å². The lowest BCUT2D eigenvalue weighted by Gasteiger charge is -2.12. The maximum atomic E-state index is 12.6. The third kappa shape index (κ3) is 4.06. The second kappa shape index (κ2) is 6.83. The first-order valence-electron chi connectivity index (χ1n) is 7.82. The van der Waals surface area contributed by atoms with E-state index in [0.717, 1.165) is 12.8 Å². The predicted octanol–water partition coefficient (Wildman–Crippen LogP) is 0.217. The minimum Gasteiger partial charge on any atom is -0.248 e. The smallest absolute Gasteiger partial charge is 0.242 e. The van der Waals surface area contributed by atoms with Gasteiger partial charge in [-0.15, -0.1) is 5.10 Å². The van der Waals surface area contributed by atoms with Gasteiger partial charge in [0.25, 0.3) is 0 Å². The van der Waals surface area contributed by atoms with Crippen LogP contribution in [0.15, 0.2) is 40.3 Å². The molecule has 11 heteroatoms. The van der Waals surface area contributed by atoms with Crippen molar-refractivity contribution in [3.8, 4) is 0 Å². The van der Waals surface area contributed by atoms with Crippen LogP contribution in [0.5, 0.6) is 0 Å². The molecule has 1 aliphatic rings. The van der Waals surface area contributed by atoms with Crippen LogP contribution in [-0.2, 0) is 33.1 Å². The Morgan fingerprint density at radius 1 is 1.12 bits per heavy atom. The van der Waals surface area contributed by atoms with Gasteiger partial charge in [0.1, 0.15) is 9.79 Å². The molecule has 1 fully saturated rings. The lowest BCUT2D eigenvalue weighted by Crippen LogP contribution is -2.30. The number of nitrogens with zero attached hydrogens (tertiary/aromatic N) is 3. The van der Waals surface area contributed by atoms with Crippen molar-refractivity contribution in [2.45, 2.75) is 48.7 Å². The highest BCUT2D eigenvalue weighted by atomic mass is 32.2. The molecule has 1 saturated carbocycles. The van der Waals surface area contributed by atoms with E-state index in [9.17, 15) is 16.8 Å². The van der Waals surface area contributed by atoms with Gasteiger partial charge in [0.05, 0.1) is 18.4 Å². The number of hydrogen-bond acceptors (Lipinski definition) is 6. The summed E-state index contributed by atoms with van der Waals surface area (Å²) in [7, 11) is -7.92. The normalized spacial score (nSPS) is 15.4. The first-order chi connectivity index (χ1) is 11.8. The second-order valence-electron chi connectivity index (χ2n) is 5.71. The van der Waals surface area contributed by atoms with Crippen molar-refractivity contribution in [1.82, 2.24) is 24.4 Å². The van der Waals surface area contributed by atoms with E-state index in [-0.39, 0.29) is 22.4 Å². The van der Waals surface area contributed by atoms with Gasteiger partial charge in [-0.2, -0.15) is 0 Å². The molecular weight excluding hydrogens is 366 g/mol. The maximum absolute atomic E-state index is 12.6.